The van der Waals surface area contributed by atoms with Gasteiger partial charge in [-0.3, -0.25) is 18.8 Å². The molecule has 0 aliphatic heterocycles. The Bertz CT molecular complexity index is 1300. The smallest absolute Gasteiger partial charge is 0.407 e. The molecule has 36 heavy (non-hydrogen) atoms. The van der Waals surface area contributed by atoms with E-state index in [1.807, 2.05) is 0 Å². The van der Waals surface area contributed by atoms with Crippen molar-refractivity contribution in [3.63, 3.8) is 0 Å². The largest absolute Gasteiger partial charge is 0.481 e. The average Bonchev–Trinajstić information content (AvgIpc) is 2.80. The van der Waals surface area contributed by atoms with Gasteiger partial charge in [0, 0.05) is 25.0 Å². The first-order valence-electron chi connectivity index (χ1n) is 11.5. The summed E-state index contributed by atoms with van der Waals surface area (Å²) in [7, 11) is 0. The van der Waals surface area contributed by atoms with Gasteiger partial charge in [-0.2, -0.15) is 0 Å². The number of aliphatic carboxylic acids is 1. The Labute approximate surface area is 208 Å². The van der Waals surface area contributed by atoms with Crippen LogP contribution in [0.2, 0.25) is 0 Å². The molecule has 0 fully saturated rings. The van der Waals surface area contributed by atoms with Gasteiger partial charge >= 0.3 is 12.1 Å². The molecule has 0 aliphatic carbocycles. The number of nitrogens with zero attached hydrogens (tertiary/aromatic N) is 1. The van der Waals surface area contributed by atoms with E-state index in [1.165, 1.54) is 10.5 Å². The molecule has 3 rings (SSSR count). The zero-order chi connectivity index (χ0) is 26.3. The van der Waals surface area contributed by atoms with E-state index in [1.54, 1.807) is 75.5 Å². The summed E-state index contributed by atoms with van der Waals surface area (Å²) in [5, 5.41) is 17.7. The third-order valence-corrected chi connectivity index (χ3v) is 5.11. The fraction of sp³-hybridized carbons (Fsp3) is 0.308. The summed E-state index contributed by atoms with van der Waals surface area (Å²) in [5.41, 5.74) is 0.727. The van der Waals surface area contributed by atoms with Crippen LogP contribution in [0.3, 0.4) is 0 Å². The number of nitrogens with one attached hydrogen (secondary N) is 3. The van der Waals surface area contributed by atoms with E-state index in [4.69, 9.17) is 4.74 Å². The maximum Gasteiger partial charge on any atom is 0.407 e. The summed E-state index contributed by atoms with van der Waals surface area (Å²) >= 11 is 0. The van der Waals surface area contributed by atoms with Crippen LogP contribution in [0.1, 0.15) is 49.2 Å². The van der Waals surface area contributed by atoms with Gasteiger partial charge in [-0.15, -0.1) is 0 Å². The minimum Gasteiger partial charge on any atom is -0.481 e. The number of aromatic nitrogens is 1. The maximum absolute atomic E-state index is 13.0. The Morgan fingerprint density at radius 3 is 2.42 bits per heavy atom. The van der Waals surface area contributed by atoms with Gasteiger partial charge in [0.2, 0.25) is 0 Å². The molecule has 190 valence electrons. The summed E-state index contributed by atoms with van der Waals surface area (Å²) in [6.45, 7) is 6.13. The van der Waals surface area contributed by atoms with Gasteiger partial charge in [-0.05, 0) is 50.6 Å². The molecule has 10 heteroatoms. The number of fused-ring (bicyclic) bond motifs is 1. The van der Waals surface area contributed by atoms with Crippen LogP contribution in [0.4, 0.5) is 10.5 Å². The zero-order valence-electron chi connectivity index (χ0n) is 20.4. The van der Waals surface area contributed by atoms with Crippen molar-refractivity contribution in [1.82, 2.24) is 15.0 Å². The van der Waals surface area contributed by atoms with Crippen molar-refractivity contribution in [2.45, 2.75) is 38.8 Å². The van der Waals surface area contributed by atoms with Gasteiger partial charge in [0.25, 0.3) is 11.5 Å². The predicted molar refractivity (Wildman–Crippen MR) is 135 cm³/mol. The summed E-state index contributed by atoms with van der Waals surface area (Å²) in [5.74, 6) is -1.72. The fourth-order valence-electron chi connectivity index (χ4n) is 3.52. The number of ether oxygens (including phenoxy) is 1. The molecule has 0 saturated carbocycles. The number of pyridine rings is 2. The minimum absolute atomic E-state index is 0.0962. The first-order valence-corrected chi connectivity index (χ1v) is 11.5. The first-order chi connectivity index (χ1) is 17.0. The van der Waals surface area contributed by atoms with E-state index in [9.17, 15) is 24.3 Å². The topological polar surface area (TPSA) is 138 Å². The third kappa shape index (κ3) is 7.33. The molecular weight excluding hydrogens is 464 g/mol. The molecule has 10 nitrogen and oxygen atoms in total. The normalized spacial score (nSPS) is 12.0. The van der Waals surface area contributed by atoms with Crippen LogP contribution in [-0.4, -0.2) is 46.2 Å². The Balaban J connectivity index is 1.68. The van der Waals surface area contributed by atoms with E-state index in [0.717, 1.165) is 5.69 Å². The van der Waals surface area contributed by atoms with Crippen molar-refractivity contribution >= 4 is 29.2 Å². The van der Waals surface area contributed by atoms with Gasteiger partial charge in [0.1, 0.15) is 11.2 Å². The number of carbonyl (C=O) groups is 3. The van der Waals surface area contributed by atoms with Crippen molar-refractivity contribution in [2.24, 2.45) is 0 Å². The van der Waals surface area contributed by atoms with Crippen molar-refractivity contribution in [2.75, 3.05) is 18.4 Å². The maximum atomic E-state index is 13.0. The molecule has 1 aromatic carbocycles. The lowest BCUT2D eigenvalue weighted by Crippen LogP contribution is -2.35. The highest BCUT2D eigenvalue weighted by atomic mass is 16.6. The first kappa shape index (κ1) is 26.3. The molecule has 2 heterocycles. The molecule has 0 bridgehead atoms. The summed E-state index contributed by atoms with van der Waals surface area (Å²) in [6.07, 6.45) is 0.727. The summed E-state index contributed by atoms with van der Waals surface area (Å²) < 4.78 is 6.52. The van der Waals surface area contributed by atoms with Crippen LogP contribution in [0, 0.1) is 0 Å². The monoisotopic (exact) mass is 494 g/mol. The fourth-order valence-corrected chi connectivity index (χ4v) is 3.52. The molecule has 3 aromatic rings. The summed E-state index contributed by atoms with van der Waals surface area (Å²) in [6, 6.07) is 14.4. The number of benzene rings is 1. The number of carboxylic acid groups (broad SMARTS) is 1. The molecule has 0 saturated heterocycles. The Morgan fingerprint density at radius 2 is 1.75 bits per heavy atom. The van der Waals surface area contributed by atoms with Crippen LogP contribution >= 0.6 is 0 Å². The predicted octanol–water partition coefficient (Wildman–Crippen LogP) is 3.18. The molecular formula is C26H30N4O6. The Hall–Kier alpha value is -4.34. The average molecular weight is 495 g/mol. The Kier molecular flexibility index (Phi) is 8.31. The van der Waals surface area contributed by atoms with E-state index in [2.05, 4.69) is 16.0 Å². The number of amides is 2. The van der Waals surface area contributed by atoms with Crippen molar-refractivity contribution < 1.29 is 24.2 Å². The number of anilines is 1. The second-order valence-electron chi connectivity index (χ2n) is 9.15. The number of alkyl carbamates (subject to hydrolysis) is 1. The highest BCUT2D eigenvalue weighted by Crippen LogP contribution is 2.17. The van der Waals surface area contributed by atoms with E-state index < -0.39 is 35.2 Å². The molecule has 0 radical (unpaired) electrons. The lowest BCUT2D eigenvalue weighted by Gasteiger charge is -2.19. The number of hydrogen-bond acceptors (Lipinski definition) is 6. The number of hydrogen-bond donors (Lipinski definition) is 4. The minimum atomic E-state index is -1.07. The van der Waals surface area contributed by atoms with Gasteiger partial charge in [-0.25, -0.2) is 4.79 Å². The van der Waals surface area contributed by atoms with Gasteiger partial charge < -0.3 is 25.8 Å². The number of rotatable bonds is 9. The van der Waals surface area contributed by atoms with Gasteiger partial charge in [0.05, 0.1) is 18.0 Å². The van der Waals surface area contributed by atoms with Crippen molar-refractivity contribution in [3.8, 4) is 0 Å². The second kappa shape index (κ2) is 11.4. The third-order valence-electron chi connectivity index (χ3n) is 5.11. The van der Waals surface area contributed by atoms with Crippen LogP contribution in [0.25, 0.3) is 5.52 Å². The Morgan fingerprint density at radius 1 is 1.03 bits per heavy atom. The summed E-state index contributed by atoms with van der Waals surface area (Å²) in [4.78, 5) is 48.9. The zero-order valence-corrected chi connectivity index (χ0v) is 20.4. The number of carboxylic acids is 1. The molecule has 2 amide bonds. The van der Waals surface area contributed by atoms with Crippen LogP contribution in [0.5, 0.6) is 0 Å². The van der Waals surface area contributed by atoms with E-state index in [0.29, 0.717) is 24.2 Å². The quantitative estimate of drug-likeness (QED) is 0.335. The van der Waals surface area contributed by atoms with Crippen LogP contribution in [-0.2, 0) is 9.53 Å². The molecule has 1 unspecified atom stereocenters. The van der Waals surface area contributed by atoms with Gasteiger partial charge in [-0.1, -0.05) is 30.3 Å². The van der Waals surface area contributed by atoms with Crippen molar-refractivity contribution in [1.29, 1.82) is 0 Å². The van der Waals surface area contributed by atoms with Crippen molar-refractivity contribution in [3.05, 3.63) is 82.3 Å². The lowest BCUT2D eigenvalue weighted by atomic mass is 10.0. The van der Waals surface area contributed by atoms with Crippen LogP contribution in [0.15, 0.2) is 65.6 Å². The lowest BCUT2D eigenvalue weighted by molar-refractivity contribution is -0.137. The second-order valence-corrected chi connectivity index (χ2v) is 9.15. The molecule has 1 atom stereocenters. The SMILES string of the molecule is CC(C)(C)OC(=O)NCCNc1ccn2c(=O)c(C(=O)NC(CC(=O)O)c3ccccc3)ccc2c1. The highest BCUT2D eigenvalue weighted by molar-refractivity contribution is 5.94. The molecule has 4 N–H and O–H groups in total. The van der Waals surface area contributed by atoms with Crippen LogP contribution < -0.4 is 21.5 Å². The molecule has 0 aliphatic rings. The van der Waals surface area contributed by atoms with Gasteiger partial charge in [0.15, 0.2) is 0 Å². The molecule has 2 aromatic heterocycles. The molecule has 0 spiro atoms. The van der Waals surface area contributed by atoms with E-state index in [-0.39, 0.29) is 12.0 Å². The van der Waals surface area contributed by atoms with E-state index >= 15 is 0 Å². The standard InChI is InChI=1S/C26H30N4O6/c1-26(2,3)36-25(35)28-13-12-27-18-11-14-30-19(15-18)9-10-20(24(30)34)23(33)29-21(16-22(31)32)17-7-5-4-6-8-17/h4-11,14-15,21,27H,12-13,16H2,1-3H3,(H,28,35)(H,29,33)(H,31,32). The number of carbonyl (C=O) groups excluding carboxylic acids is 2. The highest BCUT2D eigenvalue weighted by Gasteiger charge is 2.21.